The smallest absolute Gasteiger partial charge is 0.307 e. The molecule has 1 amide bonds. The number of carbonyl (C=O) groups excluding carboxylic acids is 1. The van der Waals surface area contributed by atoms with Crippen molar-refractivity contribution in [2.75, 3.05) is 5.32 Å². The average molecular weight is 390 g/mol. The predicted octanol–water partition coefficient (Wildman–Crippen LogP) is 5.13. The molecule has 132 valence electrons. The van der Waals surface area contributed by atoms with E-state index in [2.05, 4.69) is 5.32 Å². The third-order valence-corrected chi connectivity index (χ3v) is 4.43. The Morgan fingerprint density at radius 1 is 1.00 bits per heavy atom. The summed E-state index contributed by atoms with van der Waals surface area (Å²) in [5, 5.41) is 12.2. The van der Waals surface area contributed by atoms with Gasteiger partial charge in [-0.05, 0) is 42.0 Å². The molecule has 7 heteroatoms. The number of benzene rings is 2. The summed E-state index contributed by atoms with van der Waals surface area (Å²) in [6, 6.07) is 14.9. The fraction of sp³-hybridized carbons (Fsp3) is 0.0526. The molecule has 0 fully saturated rings. The number of anilines is 1. The molecule has 0 saturated carbocycles. The van der Waals surface area contributed by atoms with Crippen LogP contribution in [-0.4, -0.2) is 17.0 Å². The zero-order valence-corrected chi connectivity index (χ0v) is 14.8. The summed E-state index contributed by atoms with van der Waals surface area (Å²) in [6.07, 6.45) is -0.0732. The van der Waals surface area contributed by atoms with Crippen LogP contribution in [0.3, 0.4) is 0 Å². The summed E-state index contributed by atoms with van der Waals surface area (Å²) in [5.74, 6) is -0.796. The first-order valence-corrected chi connectivity index (χ1v) is 8.36. The van der Waals surface area contributed by atoms with Crippen LogP contribution in [0.15, 0.2) is 59.0 Å². The van der Waals surface area contributed by atoms with Gasteiger partial charge in [0.1, 0.15) is 5.76 Å². The second-order valence-electron chi connectivity index (χ2n) is 5.49. The minimum absolute atomic E-state index is 0.0732. The highest BCUT2D eigenvalue weighted by atomic mass is 35.5. The summed E-state index contributed by atoms with van der Waals surface area (Å²) in [7, 11) is 0. The minimum atomic E-state index is -0.912. The van der Waals surface area contributed by atoms with E-state index >= 15 is 0 Å². The number of hydrogen-bond acceptors (Lipinski definition) is 3. The molecule has 3 aromatic rings. The van der Waals surface area contributed by atoms with E-state index in [0.717, 1.165) is 0 Å². The fourth-order valence-electron chi connectivity index (χ4n) is 2.37. The van der Waals surface area contributed by atoms with Crippen molar-refractivity contribution in [2.24, 2.45) is 0 Å². The first-order valence-electron chi connectivity index (χ1n) is 7.60. The third kappa shape index (κ3) is 4.07. The maximum absolute atomic E-state index is 12.3. The van der Waals surface area contributed by atoms with Gasteiger partial charge in [-0.15, -0.1) is 0 Å². The maximum atomic E-state index is 12.3. The van der Waals surface area contributed by atoms with Crippen molar-refractivity contribution in [3.05, 3.63) is 76.0 Å². The van der Waals surface area contributed by atoms with E-state index in [4.69, 9.17) is 32.7 Å². The molecule has 0 aliphatic carbocycles. The number of carboxylic acid groups (broad SMARTS) is 1. The summed E-state index contributed by atoms with van der Waals surface area (Å²) >= 11 is 12.2. The van der Waals surface area contributed by atoms with Gasteiger partial charge in [0.25, 0.3) is 5.91 Å². The van der Waals surface area contributed by atoms with Crippen LogP contribution >= 0.6 is 23.2 Å². The van der Waals surface area contributed by atoms with Gasteiger partial charge in [0.05, 0.1) is 16.5 Å². The molecule has 5 nitrogen and oxygen atoms in total. The Balaban J connectivity index is 1.74. The van der Waals surface area contributed by atoms with E-state index in [1.807, 2.05) is 0 Å². The standard InChI is InChI=1S/C19H13Cl2NO4/c20-14-3-1-2-13(18(14)21)15-8-9-16(26-15)19(25)22-12-6-4-11(5-7-12)10-17(23)24/h1-9H,10H2,(H,22,25)(H,23,24). The molecule has 0 saturated heterocycles. The van der Waals surface area contributed by atoms with Gasteiger partial charge < -0.3 is 14.8 Å². The zero-order valence-electron chi connectivity index (χ0n) is 13.3. The zero-order chi connectivity index (χ0) is 18.7. The molecule has 1 heterocycles. The maximum Gasteiger partial charge on any atom is 0.307 e. The van der Waals surface area contributed by atoms with E-state index in [0.29, 0.717) is 32.6 Å². The highest BCUT2D eigenvalue weighted by Gasteiger charge is 2.15. The lowest BCUT2D eigenvalue weighted by Gasteiger charge is -2.05. The Labute approximate surface area is 159 Å². The molecule has 0 spiro atoms. The van der Waals surface area contributed by atoms with Crippen molar-refractivity contribution in [2.45, 2.75) is 6.42 Å². The number of aliphatic carboxylic acids is 1. The van der Waals surface area contributed by atoms with Crippen molar-refractivity contribution in [1.82, 2.24) is 0 Å². The molecule has 26 heavy (non-hydrogen) atoms. The van der Waals surface area contributed by atoms with Crippen LogP contribution in [0.2, 0.25) is 10.0 Å². The van der Waals surface area contributed by atoms with Crippen molar-refractivity contribution < 1.29 is 19.1 Å². The molecule has 0 aliphatic rings. The van der Waals surface area contributed by atoms with Gasteiger partial charge in [-0.1, -0.05) is 41.4 Å². The minimum Gasteiger partial charge on any atom is -0.481 e. The molecular weight excluding hydrogens is 377 g/mol. The lowest BCUT2D eigenvalue weighted by atomic mass is 10.1. The second-order valence-corrected chi connectivity index (χ2v) is 6.27. The summed E-state index contributed by atoms with van der Waals surface area (Å²) in [5.41, 5.74) is 1.77. The lowest BCUT2D eigenvalue weighted by molar-refractivity contribution is -0.136. The second kappa shape index (κ2) is 7.64. The Morgan fingerprint density at radius 2 is 1.73 bits per heavy atom. The topological polar surface area (TPSA) is 79.5 Å². The van der Waals surface area contributed by atoms with Crippen molar-refractivity contribution >= 4 is 40.8 Å². The summed E-state index contributed by atoms with van der Waals surface area (Å²) < 4.78 is 5.58. The van der Waals surface area contributed by atoms with Crippen molar-refractivity contribution in [3.8, 4) is 11.3 Å². The quantitative estimate of drug-likeness (QED) is 0.633. The van der Waals surface area contributed by atoms with Crippen LogP contribution in [0.1, 0.15) is 16.1 Å². The summed E-state index contributed by atoms with van der Waals surface area (Å²) in [4.78, 5) is 23.0. The first kappa shape index (κ1) is 18.0. The average Bonchev–Trinajstić information content (AvgIpc) is 3.08. The van der Waals surface area contributed by atoms with Crippen LogP contribution in [0.4, 0.5) is 5.69 Å². The number of carboxylic acids is 1. The van der Waals surface area contributed by atoms with Crippen LogP contribution in [0.5, 0.6) is 0 Å². The lowest BCUT2D eigenvalue weighted by Crippen LogP contribution is -2.10. The first-order chi connectivity index (χ1) is 12.4. The molecule has 0 aliphatic heterocycles. The van der Waals surface area contributed by atoms with Gasteiger partial charge in [-0.25, -0.2) is 0 Å². The Kier molecular flexibility index (Phi) is 5.30. The van der Waals surface area contributed by atoms with Crippen LogP contribution in [0, 0.1) is 0 Å². The highest BCUT2D eigenvalue weighted by molar-refractivity contribution is 6.43. The summed E-state index contributed by atoms with van der Waals surface area (Å²) in [6.45, 7) is 0. The predicted molar refractivity (Wildman–Crippen MR) is 99.9 cm³/mol. The third-order valence-electron chi connectivity index (χ3n) is 3.61. The number of rotatable bonds is 5. The molecule has 0 bridgehead atoms. The van der Waals surface area contributed by atoms with Gasteiger partial charge in [-0.2, -0.15) is 0 Å². The van der Waals surface area contributed by atoms with E-state index in [9.17, 15) is 9.59 Å². The van der Waals surface area contributed by atoms with E-state index in [1.165, 1.54) is 0 Å². The van der Waals surface area contributed by atoms with E-state index in [1.54, 1.807) is 54.6 Å². The number of nitrogens with one attached hydrogen (secondary N) is 1. The molecule has 0 unspecified atom stereocenters. The Morgan fingerprint density at radius 3 is 2.42 bits per heavy atom. The van der Waals surface area contributed by atoms with Crippen LogP contribution in [-0.2, 0) is 11.2 Å². The molecule has 0 radical (unpaired) electrons. The molecular formula is C19H13Cl2NO4. The van der Waals surface area contributed by atoms with Crippen molar-refractivity contribution in [3.63, 3.8) is 0 Å². The Bertz CT molecular complexity index is 964. The van der Waals surface area contributed by atoms with E-state index < -0.39 is 11.9 Å². The molecule has 0 atom stereocenters. The Hall–Kier alpha value is -2.76. The van der Waals surface area contributed by atoms with Crippen LogP contribution in [0.25, 0.3) is 11.3 Å². The number of halogens is 2. The van der Waals surface area contributed by atoms with Crippen molar-refractivity contribution in [1.29, 1.82) is 0 Å². The largest absolute Gasteiger partial charge is 0.481 e. The number of amides is 1. The normalized spacial score (nSPS) is 10.5. The van der Waals surface area contributed by atoms with Gasteiger partial charge in [-0.3, -0.25) is 9.59 Å². The van der Waals surface area contributed by atoms with Gasteiger partial charge >= 0.3 is 5.97 Å². The van der Waals surface area contributed by atoms with E-state index in [-0.39, 0.29) is 12.2 Å². The highest BCUT2D eigenvalue weighted by Crippen LogP contribution is 2.34. The number of hydrogen-bond donors (Lipinski definition) is 2. The number of carbonyl (C=O) groups is 2. The van der Waals surface area contributed by atoms with Gasteiger partial charge in [0.2, 0.25) is 0 Å². The van der Waals surface area contributed by atoms with Gasteiger partial charge in [0.15, 0.2) is 5.76 Å². The van der Waals surface area contributed by atoms with Crippen LogP contribution < -0.4 is 5.32 Å². The molecule has 2 N–H and O–H groups in total. The van der Waals surface area contributed by atoms with Gasteiger partial charge in [0, 0.05) is 11.3 Å². The fourth-order valence-corrected chi connectivity index (χ4v) is 2.77. The molecule has 2 aromatic carbocycles. The SMILES string of the molecule is O=C(O)Cc1ccc(NC(=O)c2ccc(-c3cccc(Cl)c3Cl)o2)cc1. The monoisotopic (exact) mass is 389 g/mol. The molecule has 1 aromatic heterocycles. The molecule has 3 rings (SSSR count). The number of furan rings is 1.